The van der Waals surface area contributed by atoms with Gasteiger partial charge in [0.2, 0.25) is 11.5 Å². The summed E-state index contributed by atoms with van der Waals surface area (Å²) in [6.07, 6.45) is 11.8. The lowest BCUT2D eigenvalue weighted by Gasteiger charge is -2.14. The smallest absolute Gasteiger partial charge is 0.310 e. The molecule has 4 nitrogen and oxygen atoms in total. The summed E-state index contributed by atoms with van der Waals surface area (Å²) in [6, 6.07) is 12.7. The first-order valence-corrected chi connectivity index (χ1v) is 13.1. The van der Waals surface area contributed by atoms with Crippen LogP contribution in [-0.4, -0.2) is 23.6 Å². The molecule has 0 radical (unpaired) electrons. The second kappa shape index (κ2) is 12.9. The van der Waals surface area contributed by atoms with Crippen molar-refractivity contribution in [3.05, 3.63) is 88.0 Å². The van der Waals surface area contributed by atoms with E-state index in [2.05, 4.69) is 12.2 Å². The van der Waals surface area contributed by atoms with E-state index >= 15 is 0 Å². The molecule has 0 aliphatic heterocycles. The molecule has 1 atom stereocenters. The van der Waals surface area contributed by atoms with E-state index in [0.717, 1.165) is 29.2 Å². The van der Waals surface area contributed by atoms with E-state index in [9.17, 15) is 9.59 Å². The molecule has 0 saturated heterocycles. The van der Waals surface area contributed by atoms with Gasteiger partial charge in [-0.2, -0.15) is 4.57 Å². The van der Waals surface area contributed by atoms with Crippen molar-refractivity contribution < 1.29 is 42.9 Å². The number of hydrogen-bond donors (Lipinski definition) is 0. The summed E-state index contributed by atoms with van der Waals surface area (Å²) in [5.41, 5.74) is 2.14. The number of thioether (sulfide) groups is 1. The summed E-state index contributed by atoms with van der Waals surface area (Å²) in [6.45, 7) is 2.08. The van der Waals surface area contributed by atoms with Gasteiger partial charge in [-0.05, 0) is 50.5 Å². The Hall–Kier alpha value is -1.68. The van der Waals surface area contributed by atoms with Gasteiger partial charge in [-0.3, -0.25) is 9.59 Å². The van der Waals surface area contributed by atoms with Crippen LogP contribution in [0.25, 0.3) is 5.69 Å². The number of rotatable bonds is 8. The van der Waals surface area contributed by atoms with Gasteiger partial charge in [0.15, 0.2) is 12.4 Å². The summed E-state index contributed by atoms with van der Waals surface area (Å²) in [7, 11) is 0. The number of benzene rings is 1. The van der Waals surface area contributed by atoms with Gasteiger partial charge < -0.3 is 28.7 Å². The maximum atomic E-state index is 13.6. The second-order valence-electron chi connectivity index (χ2n) is 7.66. The molecule has 8 heteroatoms. The lowest BCUT2D eigenvalue weighted by atomic mass is 10.0. The molecule has 0 spiro atoms. The summed E-state index contributed by atoms with van der Waals surface area (Å²) in [4.78, 5) is 26.7. The van der Waals surface area contributed by atoms with Gasteiger partial charge in [-0.1, -0.05) is 29.8 Å². The fourth-order valence-corrected chi connectivity index (χ4v) is 6.82. The van der Waals surface area contributed by atoms with Crippen LogP contribution in [0.15, 0.2) is 71.2 Å². The van der Waals surface area contributed by atoms with Gasteiger partial charge in [-0.15, -0.1) is 23.1 Å². The number of pyridine rings is 1. The van der Waals surface area contributed by atoms with Gasteiger partial charge in [0, 0.05) is 28.0 Å². The fourth-order valence-electron chi connectivity index (χ4n) is 3.78. The van der Waals surface area contributed by atoms with Crippen molar-refractivity contribution in [2.24, 2.45) is 0 Å². The topological polar surface area (TPSA) is 47.3 Å². The summed E-state index contributed by atoms with van der Waals surface area (Å²) < 4.78 is 8.29. The van der Waals surface area contributed by atoms with Gasteiger partial charge in [0.05, 0.1) is 23.5 Å². The SMILES string of the molecule is CCOC(=O)Cc1c(C(=O)c2ccc(Cl)cc2)sc(SC2C=CCCC2)c1-[n+]1ccccc1.[I-]. The highest BCUT2D eigenvalue weighted by atomic mass is 127. The third-order valence-corrected chi connectivity index (χ3v) is 8.24. The van der Waals surface area contributed by atoms with E-state index < -0.39 is 0 Å². The highest BCUT2D eigenvalue weighted by Crippen LogP contribution is 2.42. The zero-order valence-electron chi connectivity index (χ0n) is 18.7. The molecule has 0 fully saturated rings. The van der Waals surface area contributed by atoms with Crippen molar-refractivity contribution in [2.75, 3.05) is 6.61 Å². The normalized spacial score (nSPS) is 14.9. The first kappa shape index (κ1) is 26.9. The summed E-state index contributed by atoms with van der Waals surface area (Å²) >= 11 is 9.25. The fraction of sp³-hybridized carbons (Fsp3) is 0.269. The Morgan fingerprint density at radius 1 is 1.18 bits per heavy atom. The molecule has 0 bridgehead atoms. The Morgan fingerprint density at radius 2 is 1.91 bits per heavy atom. The molecule has 1 aromatic carbocycles. The lowest BCUT2D eigenvalue weighted by Crippen LogP contribution is -3.00. The average molecular weight is 626 g/mol. The van der Waals surface area contributed by atoms with E-state index in [-0.39, 0.29) is 42.2 Å². The third-order valence-electron chi connectivity index (χ3n) is 5.33. The highest BCUT2D eigenvalue weighted by molar-refractivity contribution is 8.02. The first-order valence-electron chi connectivity index (χ1n) is 11.0. The van der Waals surface area contributed by atoms with Gasteiger partial charge >= 0.3 is 5.97 Å². The predicted octanol–water partition coefficient (Wildman–Crippen LogP) is 3.22. The van der Waals surface area contributed by atoms with Gasteiger partial charge in [0.25, 0.3) is 0 Å². The Labute approximate surface area is 230 Å². The van der Waals surface area contributed by atoms with Crippen molar-refractivity contribution in [3.8, 4) is 5.69 Å². The number of carbonyl (C=O) groups is 2. The van der Waals surface area contributed by atoms with Crippen LogP contribution in [-0.2, 0) is 16.0 Å². The molecule has 1 unspecified atom stereocenters. The number of carbonyl (C=O) groups excluding carboxylic acids is 2. The second-order valence-corrected chi connectivity index (χ2v) is 10.6. The van der Waals surface area contributed by atoms with Crippen LogP contribution in [0.4, 0.5) is 0 Å². The highest BCUT2D eigenvalue weighted by Gasteiger charge is 2.32. The molecular formula is C26H25ClINO3S2. The largest absolute Gasteiger partial charge is 1.00 e. The summed E-state index contributed by atoms with van der Waals surface area (Å²) in [5.74, 6) is -0.452. The monoisotopic (exact) mass is 625 g/mol. The van der Waals surface area contributed by atoms with Crippen LogP contribution >= 0.6 is 34.7 Å². The average Bonchev–Trinajstić information content (AvgIpc) is 3.17. The van der Waals surface area contributed by atoms with Crippen LogP contribution in [0.3, 0.4) is 0 Å². The quantitative estimate of drug-likeness (QED) is 0.127. The van der Waals surface area contributed by atoms with Crippen molar-refractivity contribution in [3.63, 3.8) is 0 Å². The van der Waals surface area contributed by atoms with Crippen LogP contribution in [0, 0.1) is 0 Å². The van der Waals surface area contributed by atoms with Crippen LogP contribution in [0.2, 0.25) is 5.02 Å². The number of hydrogen-bond acceptors (Lipinski definition) is 5. The van der Waals surface area contributed by atoms with Crippen LogP contribution in [0.1, 0.15) is 47.0 Å². The molecule has 2 aromatic heterocycles. The Balaban J connectivity index is 0.00000324. The van der Waals surface area contributed by atoms with Gasteiger partial charge in [-0.25, -0.2) is 0 Å². The Kier molecular flexibility index (Phi) is 10.2. The maximum absolute atomic E-state index is 13.6. The Bertz CT molecular complexity index is 1160. The molecule has 0 amide bonds. The predicted molar refractivity (Wildman–Crippen MR) is 134 cm³/mol. The molecule has 0 saturated carbocycles. The number of allylic oxidation sites excluding steroid dienone is 1. The minimum absolute atomic E-state index is 0. The molecule has 1 aliphatic rings. The summed E-state index contributed by atoms with van der Waals surface area (Å²) in [5, 5.41) is 0.916. The number of halogens is 2. The molecular weight excluding hydrogens is 601 g/mol. The number of esters is 1. The number of thiophene rings is 1. The van der Waals surface area contributed by atoms with Crippen molar-refractivity contribution in [2.45, 2.75) is 42.1 Å². The minimum atomic E-state index is -0.340. The number of nitrogens with zero attached hydrogens (tertiary/aromatic N) is 1. The minimum Gasteiger partial charge on any atom is -1.00 e. The van der Waals surface area contributed by atoms with E-state index in [1.807, 2.05) is 35.2 Å². The van der Waals surface area contributed by atoms with E-state index in [0.29, 0.717) is 32.9 Å². The molecule has 34 heavy (non-hydrogen) atoms. The van der Waals surface area contributed by atoms with Gasteiger partial charge in [0.1, 0.15) is 4.21 Å². The first-order chi connectivity index (χ1) is 16.1. The number of ether oxygens (including phenoxy) is 1. The maximum Gasteiger partial charge on any atom is 0.310 e. The molecule has 3 aromatic rings. The number of ketones is 1. The molecule has 0 N–H and O–H groups in total. The lowest BCUT2D eigenvalue weighted by molar-refractivity contribution is -0.598. The van der Waals surface area contributed by atoms with E-state index in [4.69, 9.17) is 16.3 Å². The van der Waals surface area contributed by atoms with Crippen LogP contribution < -0.4 is 28.5 Å². The van der Waals surface area contributed by atoms with Crippen molar-refractivity contribution in [1.29, 1.82) is 0 Å². The zero-order chi connectivity index (χ0) is 23.2. The number of aromatic nitrogens is 1. The van der Waals surface area contributed by atoms with Crippen molar-refractivity contribution >= 4 is 46.5 Å². The molecule has 178 valence electrons. The van der Waals surface area contributed by atoms with Crippen molar-refractivity contribution in [1.82, 2.24) is 0 Å². The molecule has 2 heterocycles. The molecule has 4 rings (SSSR count). The zero-order valence-corrected chi connectivity index (χ0v) is 23.3. The Morgan fingerprint density at radius 3 is 2.56 bits per heavy atom. The van der Waals surface area contributed by atoms with Crippen LogP contribution in [0.5, 0.6) is 0 Å². The van der Waals surface area contributed by atoms with E-state index in [1.165, 1.54) is 11.3 Å². The third kappa shape index (κ3) is 6.50. The molecule has 1 aliphatic carbocycles. The van der Waals surface area contributed by atoms with E-state index in [1.54, 1.807) is 43.0 Å². The standard InChI is InChI=1S/C26H25ClNO3S2.HI/c1-2-31-22(29)17-21-23(28-15-7-4-8-16-28)26(32-20-9-5-3-6-10-20)33-25(21)24(30)18-11-13-19(27)14-12-18;/h4-5,7-9,11-16,20H,2-3,6,10,17H2,1H3;1H/q+1;/p-1.